The molecule has 0 saturated carbocycles. The second-order valence-electron chi connectivity index (χ2n) is 6.05. The van der Waals surface area contributed by atoms with Gasteiger partial charge in [0, 0.05) is 24.8 Å². The third-order valence-corrected chi connectivity index (χ3v) is 3.80. The van der Waals surface area contributed by atoms with Gasteiger partial charge >= 0.3 is 5.97 Å². The van der Waals surface area contributed by atoms with Crippen molar-refractivity contribution in [1.29, 1.82) is 0 Å². The number of aliphatic carboxylic acids is 1. The van der Waals surface area contributed by atoms with Crippen molar-refractivity contribution < 1.29 is 9.90 Å². The first-order valence-corrected chi connectivity index (χ1v) is 7.62. The highest BCUT2D eigenvalue weighted by Crippen LogP contribution is 2.21. The van der Waals surface area contributed by atoms with Crippen molar-refractivity contribution in [2.45, 2.75) is 52.6 Å². The van der Waals surface area contributed by atoms with Gasteiger partial charge in [0.15, 0.2) is 0 Å². The Labute approximate surface area is 128 Å². The second-order valence-corrected chi connectivity index (χ2v) is 6.05. The number of hydrogen-bond donors (Lipinski definition) is 2. The van der Waals surface area contributed by atoms with E-state index in [1.54, 1.807) is 6.92 Å². The Bertz CT molecular complexity index is 474. The molecule has 21 heavy (non-hydrogen) atoms. The first kappa shape index (κ1) is 17.5. The summed E-state index contributed by atoms with van der Waals surface area (Å²) in [6, 6.07) is 8.36. The van der Waals surface area contributed by atoms with E-state index < -0.39 is 11.5 Å². The smallest absolute Gasteiger partial charge is 0.323 e. The lowest BCUT2D eigenvalue weighted by Gasteiger charge is -2.32. The third-order valence-electron chi connectivity index (χ3n) is 3.80. The van der Waals surface area contributed by atoms with E-state index in [-0.39, 0.29) is 6.04 Å². The predicted octanol–water partition coefficient (Wildman–Crippen LogP) is 3.05. The van der Waals surface area contributed by atoms with Gasteiger partial charge in [-0.3, -0.25) is 10.1 Å². The van der Waals surface area contributed by atoms with Crippen LogP contribution in [0.25, 0.3) is 0 Å². The molecule has 4 nitrogen and oxygen atoms in total. The molecule has 1 aromatic carbocycles. The zero-order valence-electron chi connectivity index (χ0n) is 13.8. The molecule has 0 spiro atoms. The molecule has 0 amide bonds. The second kappa shape index (κ2) is 7.46. The number of carboxylic acids is 1. The monoisotopic (exact) mass is 292 g/mol. The van der Waals surface area contributed by atoms with Crippen molar-refractivity contribution >= 4 is 11.7 Å². The molecule has 0 aliphatic rings. The summed E-state index contributed by atoms with van der Waals surface area (Å²) in [5, 5.41) is 12.7. The summed E-state index contributed by atoms with van der Waals surface area (Å²) < 4.78 is 0. The van der Waals surface area contributed by atoms with Crippen LogP contribution in [-0.4, -0.2) is 35.7 Å². The Hall–Kier alpha value is -1.55. The fourth-order valence-corrected chi connectivity index (χ4v) is 2.60. The van der Waals surface area contributed by atoms with E-state index in [0.717, 1.165) is 6.54 Å². The molecule has 0 aromatic heterocycles. The molecule has 0 bridgehead atoms. The fraction of sp³-hybridized carbons (Fsp3) is 0.588. The number of anilines is 1. The van der Waals surface area contributed by atoms with Crippen LogP contribution in [0.1, 0.15) is 39.7 Å². The van der Waals surface area contributed by atoms with Crippen LogP contribution in [-0.2, 0) is 4.79 Å². The standard InChI is InChI=1S/C17H28N2O2/c1-6-19(15-10-8-7-9-14(15)4)12-11-17(5,16(20)21)18-13(2)3/h7-10,13,18H,6,11-12H2,1-5H3,(H,20,21). The van der Waals surface area contributed by atoms with Crippen LogP contribution in [0.15, 0.2) is 24.3 Å². The van der Waals surface area contributed by atoms with Gasteiger partial charge < -0.3 is 10.0 Å². The van der Waals surface area contributed by atoms with E-state index in [1.165, 1.54) is 11.3 Å². The van der Waals surface area contributed by atoms with Gasteiger partial charge in [0.25, 0.3) is 0 Å². The maximum Gasteiger partial charge on any atom is 0.323 e. The zero-order valence-corrected chi connectivity index (χ0v) is 13.8. The third kappa shape index (κ3) is 4.74. The van der Waals surface area contributed by atoms with Crippen LogP contribution in [0.3, 0.4) is 0 Å². The van der Waals surface area contributed by atoms with E-state index in [9.17, 15) is 9.90 Å². The first-order chi connectivity index (χ1) is 9.80. The van der Waals surface area contributed by atoms with E-state index >= 15 is 0 Å². The van der Waals surface area contributed by atoms with Gasteiger partial charge in [0.2, 0.25) is 0 Å². The van der Waals surface area contributed by atoms with Crippen molar-refractivity contribution in [3.63, 3.8) is 0 Å². The highest BCUT2D eigenvalue weighted by Gasteiger charge is 2.33. The molecular weight excluding hydrogens is 264 g/mol. The van der Waals surface area contributed by atoms with Crippen molar-refractivity contribution in [2.75, 3.05) is 18.0 Å². The number of nitrogens with zero attached hydrogens (tertiary/aromatic N) is 1. The average molecular weight is 292 g/mol. The summed E-state index contributed by atoms with van der Waals surface area (Å²) >= 11 is 0. The van der Waals surface area contributed by atoms with Gasteiger partial charge in [-0.15, -0.1) is 0 Å². The lowest BCUT2D eigenvalue weighted by atomic mass is 9.96. The molecule has 1 unspecified atom stereocenters. The van der Waals surface area contributed by atoms with Crippen molar-refractivity contribution in [1.82, 2.24) is 5.32 Å². The highest BCUT2D eigenvalue weighted by atomic mass is 16.4. The van der Waals surface area contributed by atoms with Gasteiger partial charge in [0.05, 0.1) is 0 Å². The molecule has 1 atom stereocenters. The number of rotatable bonds is 8. The molecule has 2 N–H and O–H groups in total. The maximum atomic E-state index is 11.6. The van der Waals surface area contributed by atoms with Gasteiger partial charge in [-0.2, -0.15) is 0 Å². The van der Waals surface area contributed by atoms with Crippen molar-refractivity contribution in [3.8, 4) is 0 Å². The number of carboxylic acid groups (broad SMARTS) is 1. The number of benzene rings is 1. The molecule has 0 radical (unpaired) electrons. The van der Waals surface area contributed by atoms with Crippen LogP contribution < -0.4 is 10.2 Å². The lowest BCUT2D eigenvalue weighted by Crippen LogP contribution is -2.54. The Balaban J connectivity index is 2.82. The normalized spacial score (nSPS) is 14.0. The average Bonchev–Trinajstić information content (AvgIpc) is 2.40. The minimum Gasteiger partial charge on any atom is -0.480 e. The van der Waals surface area contributed by atoms with Crippen LogP contribution >= 0.6 is 0 Å². The van der Waals surface area contributed by atoms with Crippen LogP contribution in [0, 0.1) is 6.92 Å². The topological polar surface area (TPSA) is 52.6 Å². The first-order valence-electron chi connectivity index (χ1n) is 7.62. The van der Waals surface area contributed by atoms with Gasteiger partial charge in [-0.05, 0) is 52.7 Å². The number of carbonyl (C=O) groups is 1. The van der Waals surface area contributed by atoms with E-state index in [2.05, 4.69) is 36.2 Å². The Morgan fingerprint density at radius 2 is 2.00 bits per heavy atom. The van der Waals surface area contributed by atoms with E-state index in [4.69, 9.17) is 0 Å². The molecule has 0 aliphatic heterocycles. The van der Waals surface area contributed by atoms with E-state index in [0.29, 0.717) is 13.0 Å². The molecule has 0 heterocycles. The Morgan fingerprint density at radius 1 is 1.38 bits per heavy atom. The molecule has 1 rings (SSSR count). The number of hydrogen-bond acceptors (Lipinski definition) is 3. The molecular formula is C17H28N2O2. The Kier molecular flexibility index (Phi) is 6.21. The SMILES string of the molecule is CCN(CCC(C)(NC(C)C)C(=O)O)c1ccccc1C. The van der Waals surface area contributed by atoms with E-state index in [1.807, 2.05) is 26.0 Å². The molecule has 118 valence electrons. The molecule has 1 aromatic rings. The molecule has 4 heteroatoms. The highest BCUT2D eigenvalue weighted by molar-refractivity contribution is 5.78. The van der Waals surface area contributed by atoms with Crippen LogP contribution in [0.4, 0.5) is 5.69 Å². The van der Waals surface area contributed by atoms with Gasteiger partial charge in [-0.25, -0.2) is 0 Å². The minimum absolute atomic E-state index is 0.139. The number of para-hydroxylation sites is 1. The summed E-state index contributed by atoms with van der Waals surface area (Å²) in [7, 11) is 0. The quantitative estimate of drug-likeness (QED) is 0.773. The predicted molar refractivity (Wildman–Crippen MR) is 88.0 cm³/mol. The summed E-state index contributed by atoms with van der Waals surface area (Å²) in [4.78, 5) is 13.8. The van der Waals surface area contributed by atoms with Crippen LogP contribution in [0.2, 0.25) is 0 Å². The summed E-state index contributed by atoms with van der Waals surface area (Å²) in [6.07, 6.45) is 0.558. The summed E-state index contributed by atoms with van der Waals surface area (Å²) in [6.45, 7) is 11.5. The zero-order chi connectivity index (χ0) is 16.0. The van der Waals surface area contributed by atoms with Gasteiger partial charge in [-0.1, -0.05) is 18.2 Å². The number of aryl methyl sites for hydroxylation is 1. The molecule has 0 saturated heterocycles. The van der Waals surface area contributed by atoms with Gasteiger partial charge in [0.1, 0.15) is 5.54 Å². The molecule has 0 fully saturated rings. The van der Waals surface area contributed by atoms with Crippen LogP contribution in [0.5, 0.6) is 0 Å². The summed E-state index contributed by atoms with van der Waals surface area (Å²) in [5.41, 5.74) is 1.50. The number of nitrogens with one attached hydrogen (secondary N) is 1. The van der Waals surface area contributed by atoms with Crippen molar-refractivity contribution in [2.24, 2.45) is 0 Å². The Morgan fingerprint density at radius 3 is 2.48 bits per heavy atom. The largest absolute Gasteiger partial charge is 0.480 e. The maximum absolute atomic E-state index is 11.6. The summed E-state index contributed by atoms with van der Waals surface area (Å²) in [5.74, 6) is -0.794. The minimum atomic E-state index is -0.899. The fourth-order valence-electron chi connectivity index (χ4n) is 2.60. The lowest BCUT2D eigenvalue weighted by molar-refractivity contribution is -0.144. The molecule has 0 aliphatic carbocycles. The van der Waals surface area contributed by atoms with Crippen molar-refractivity contribution in [3.05, 3.63) is 29.8 Å².